The van der Waals surface area contributed by atoms with Gasteiger partial charge in [0.05, 0.1) is 19.3 Å². The SMILES string of the molecule is CN(Cc1n[nH]c2c1CCCCC2)C(=O)Nc1ccc(-c2nnn(C)n2)cc1. The van der Waals surface area contributed by atoms with Gasteiger partial charge in [-0.1, -0.05) is 6.42 Å². The quantitative estimate of drug-likeness (QED) is 0.677. The highest BCUT2D eigenvalue weighted by atomic mass is 16.2. The second-order valence-electron chi connectivity index (χ2n) is 7.15. The van der Waals surface area contributed by atoms with Crippen LogP contribution >= 0.6 is 0 Å². The van der Waals surface area contributed by atoms with E-state index in [2.05, 4.69) is 30.9 Å². The van der Waals surface area contributed by atoms with Crippen LogP contribution in [0.15, 0.2) is 24.3 Å². The van der Waals surface area contributed by atoms with Crippen LogP contribution < -0.4 is 5.32 Å². The lowest BCUT2D eigenvalue weighted by molar-refractivity contribution is 0.220. The number of anilines is 1. The summed E-state index contributed by atoms with van der Waals surface area (Å²) in [6.45, 7) is 0.485. The number of carbonyl (C=O) groups excluding carboxylic acids is 1. The van der Waals surface area contributed by atoms with Gasteiger partial charge in [0.2, 0.25) is 5.82 Å². The Hall–Kier alpha value is -3.23. The first-order chi connectivity index (χ1) is 13.6. The number of aromatic nitrogens is 6. The summed E-state index contributed by atoms with van der Waals surface area (Å²) in [5.74, 6) is 0.553. The smallest absolute Gasteiger partial charge is 0.321 e. The highest BCUT2D eigenvalue weighted by Gasteiger charge is 2.18. The minimum absolute atomic E-state index is 0.171. The molecule has 28 heavy (non-hydrogen) atoms. The van der Waals surface area contributed by atoms with Gasteiger partial charge in [-0.3, -0.25) is 5.10 Å². The van der Waals surface area contributed by atoms with Crippen LogP contribution in [0, 0.1) is 0 Å². The van der Waals surface area contributed by atoms with Gasteiger partial charge in [-0.25, -0.2) is 4.79 Å². The van der Waals surface area contributed by atoms with Crippen LogP contribution in [0.5, 0.6) is 0 Å². The van der Waals surface area contributed by atoms with Crippen LogP contribution in [0.25, 0.3) is 11.4 Å². The molecule has 2 amide bonds. The minimum atomic E-state index is -0.171. The number of hydrogen-bond donors (Lipinski definition) is 2. The number of aryl methyl sites for hydroxylation is 2. The van der Waals surface area contributed by atoms with E-state index in [4.69, 9.17) is 0 Å². The summed E-state index contributed by atoms with van der Waals surface area (Å²) in [5, 5.41) is 22.5. The average molecular weight is 380 g/mol. The molecule has 4 rings (SSSR count). The first-order valence-corrected chi connectivity index (χ1v) is 9.51. The molecule has 146 valence electrons. The van der Waals surface area contributed by atoms with Crippen molar-refractivity contribution < 1.29 is 4.79 Å². The molecule has 2 N–H and O–H groups in total. The van der Waals surface area contributed by atoms with E-state index in [0.717, 1.165) is 24.1 Å². The minimum Gasteiger partial charge on any atom is -0.322 e. The molecule has 0 fully saturated rings. The Bertz CT molecular complexity index is 959. The number of hydrogen-bond acceptors (Lipinski definition) is 5. The van der Waals surface area contributed by atoms with Crippen LogP contribution in [-0.4, -0.2) is 48.4 Å². The summed E-state index contributed by atoms with van der Waals surface area (Å²) in [6, 6.07) is 7.21. The number of fused-ring (bicyclic) bond motifs is 1. The fraction of sp³-hybridized carbons (Fsp3) is 0.421. The lowest BCUT2D eigenvalue weighted by Crippen LogP contribution is -2.31. The largest absolute Gasteiger partial charge is 0.322 e. The number of aromatic amines is 1. The number of benzene rings is 1. The van der Waals surface area contributed by atoms with Crippen LogP contribution in [0.4, 0.5) is 10.5 Å². The Labute approximate surface area is 163 Å². The molecule has 9 nitrogen and oxygen atoms in total. The Morgan fingerprint density at radius 2 is 2.00 bits per heavy atom. The first-order valence-electron chi connectivity index (χ1n) is 9.51. The maximum absolute atomic E-state index is 12.6. The van der Waals surface area contributed by atoms with Crippen molar-refractivity contribution in [2.75, 3.05) is 12.4 Å². The van der Waals surface area contributed by atoms with E-state index in [0.29, 0.717) is 18.1 Å². The molecule has 0 spiro atoms. The third-order valence-corrected chi connectivity index (χ3v) is 5.03. The van der Waals surface area contributed by atoms with E-state index in [-0.39, 0.29) is 6.03 Å². The van der Waals surface area contributed by atoms with E-state index in [1.807, 2.05) is 24.3 Å². The van der Waals surface area contributed by atoms with Crippen molar-refractivity contribution in [1.29, 1.82) is 0 Å². The maximum Gasteiger partial charge on any atom is 0.321 e. The van der Waals surface area contributed by atoms with Gasteiger partial charge in [-0.2, -0.15) is 9.90 Å². The van der Waals surface area contributed by atoms with Crippen molar-refractivity contribution in [3.63, 3.8) is 0 Å². The van der Waals surface area contributed by atoms with E-state index < -0.39 is 0 Å². The van der Waals surface area contributed by atoms with Crippen molar-refractivity contribution in [3.05, 3.63) is 41.2 Å². The molecule has 0 saturated carbocycles. The van der Waals surface area contributed by atoms with E-state index >= 15 is 0 Å². The lowest BCUT2D eigenvalue weighted by atomic mass is 10.1. The van der Waals surface area contributed by atoms with Gasteiger partial charge >= 0.3 is 6.03 Å². The molecule has 9 heteroatoms. The summed E-state index contributed by atoms with van der Waals surface area (Å²) in [7, 11) is 3.50. The predicted octanol–water partition coefficient (Wildman–Crippen LogP) is 2.53. The maximum atomic E-state index is 12.6. The molecule has 0 bridgehead atoms. The zero-order chi connectivity index (χ0) is 19.5. The molecular formula is C19H24N8O. The fourth-order valence-electron chi connectivity index (χ4n) is 3.47. The molecule has 2 aromatic heterocycles. The Morgan fingerprint density at radius 1 is 1.21 bits per heavy atom. The van der Waals surface area contributed by atoms with Crippen LogP contribution in [-0.2, 0) is 26.4 Å². The molecule has 3 aromatic rings. The Morgan fingerprint density at radius 3 is 2.75 bits per heavy atom. The topological polar surface area (TPSA) is 105 Å². The molecule has 0 atom stereocenters. The summed E-state index contributed by atoms with van der Waals surface area (Å²) in [5.41, 5.74) is 5.05. The standard InChI is InChI=1S/C19H24N8O/c1-26(12-17-15-6-4-3-5-7-16(15)21-22-17)19(28)20-14-10-8-13(9-11-14)18-23-25-27(2)24-18/h8-11H,3-7,12H2,1-2H3,(H,20,28)(H,21,22). The summed E-state index contributed by atoms with van der Waals surface area (Å²) in [4.78, 5) is 15.6. The average Bonchev–Trinajstić information content (AvgIpc) is 3.21. The van der Waals surface area contributed by atoms with E-state index in [9.17, 15) is 4.79 Å². The second-order valence-corrected chi connectivity index (χ2v) is 7.15. The van der Waals surface area contributed by atoms with Crippen molar-refractivity contribution in [2.45, 2.75) is 38.6 Å². The monoisotopic (exact) mass is 380 g/mol. The molecule has 0 saturated heterocycles. The fourth-order valence-corrected chi connectivity index (χ4v) is 3.47. The first kappa shape index (κ1) is 18.1. The molecule has 1 aromatic carbocycles. The van der Waals surface area contributed by atoms with Crippen molar-refractivity contribution in [2.24, 2.45) is 7.05 Å². The number of tetrazole rings is 1. The third-order valence-electron chi connectivity index (χ3n) is 5.03. The summed E-state index contributed by atoms with van der Waals surface area (Å²) in [6.07, 6.45) is 5.71. The highest BCUT2D eigenvalue weighted by Crippen LogP contribution is 2.23. The number of carbonyl (C=O) groups is 1. The zero-order valence-electron chi connectivity index (χ0n) is 16.1. The van der Waals surface area contributed by atoms with E-state index in [1.54, 1.807) is 19.0 Å². The molecule has 2 heterocycles. The van der Waals surface area contributed by atoms with Crippen LogP contribution in [0.1, 0.15) is 36.2 Å². The van der Waals surface area contributed by atoms with Gasteiger partial charge in [-0.15, -0.1) is 10.2 Å². The van der Waals surface area contributed by atoms with Gasteiger partial charge in [0.25, 0.3) is 0 Å². The van der Waals surface area contributed by atoms with Gasteiger partial charge in [0.1, 0.15) is 0 Å². The zero-order valence-corrected chi connectivity index (χ0v) is 16.1. The Balaban J connectivity index is 1.39. The second kappa shape index (κ2) is 7.79. The lowest BCUT2D eigenvalue weighted by Gasteiger charge is -2.17. The van der Waals surface area contributed by atoms with Crippen molar-refractivity contribution >= 4 is 11.7 Å². The summed E-state index contributed by atoms with van der Waals surface area (Å²) < 4.78 is 0. The van der Waals surface area contributed by atoms with Crippen molar-refractivity contribution in [1.82, 2.24) is 35.3 Å². The molecule has 0 unspecified atom stereocenters. The number of rotatable bonds is 4. The van der Waals surface area contributed by atoms with E-state index in [1.165, 1.54) is 35.3 Å². The van der Waals surface area contributed by atoms with Crippen LogP contribution in [0.3, 0.4) is 0 Å². The molecular weight excluding hydrogens is 356 g/mol. The number of nitrogens with zero attached hydrogens (tertiary/aromatic N) is 6. The van der Waals surface area contributed by atoms with Gasteiger partial charge in [0, 0.05) is 24.0 Å². The third kappa shape index (κ3) is 3.88. The molecule has 0 radical (unpaired) electrons. The summed E-state index contributed by atoms with van der Waals surface area (Å²) >= 11 is 0. The number of amides is 2. The number of urea groups is 1. The molecule has 1 aliphatic rings. The predicted molar refractivity (Wildman–Crippen MR) is 105 cm³/mol. The number of H-pyrrole nitrogens is 1. The van der Waals surface area contributed by atoms with Gasteiger partial charge < -0.3 is 10.2 Å². The number of nitrogens with one attached hydrogen (secondary N) is 2. The van der Waals surface area contributed by atoms with Gasteiger partial charge in [-0.05, 0) is 60.7 Å². The molecule has 0 aliphatic heterocycles. The van der Waals surface area contributed by atoms with Crippen molar-refractivity contribution in [3.8, 4) is 11.4 Å². The normalized spacial score (nSPS) is 13.6. The van der Waals surface area contributed by atoms with Crippen LogP contribution in [0.2, 0.25) is 0 Å². The highest BCUT2D eigenvalue weighted by molar-refractivity contribution is 5.89. The van der Waals surface area contributed by atoms with Gasteiger partial charge in [0.15, 0.2) is 0 Å². The molecule has 1 aliphatic carbocycles. The Kier molecular flexibility index (Phi) is 5.05.